The molecule has 0 aliphatic carbocycles. The van der Waals surface area contributed by atoms with E-state index in [4.69, 9.17) is 18.6 Å². The standard InChI is InChI=1S/C28H24N4O7.Na/c1-2-36-16-14-28(25(33)31-27(35)32-26(28)34)39-21-12-10-20(11-13-21)38-19-8-6-18(7-9-19)24-30-23(17-37-24)22-5-3-4-15-29-22;/h3-13,15,17H,2,14,16H2,1H3,(H2,31,32,33,34,35);/q;+1. The number of imide groups is 2. The molecule has 3 heterocycles. The molecule has 0 radical (unpaired) electrons. The van der Waals surface area contributed by atoms with E-state index in [1.54, 1.807) is 55.8 Å². The van der Waals surface area contributed by atoms with Gasteiger partial charge in [0.2, 0.25) is 5.89 Å². The predicted octanol–water partition coefficient (Wildman–Crippen LogP) is 1.11. The maximum absolute atomic E-state index is 12.6. The normalized spacial score (nSPS) is 14.1. The van der Waals surface area contributed by atoms with Crippen LogP contribution in [0.15, 0.2) is 83.6 Å². The molecule has 0 saturated carbocycles. The molecule has 4 aromatic rings. The van der Waals surface area contributed by atoms with Gasteiger partial charge in [0.25, 0.3) is 17.4 Å². The van der Waals surface area contributed by atoms with Crippen molar-refractivity contribution in [1.82, 2.24) is 20.6 Å². The molecule has 1 aliphatic rings. The van der Waals surface area contributed by atoms with Gasteiger partial charge in [0.05, 0.1) is 12.3 Å². The van der Waals surface area contributed by atoms with Crippen LogP contribution in [0, 0.1) is 0 Å². The molecule has 2 N–H and O–H groups in total. The number of rotatable bonds is 10. The summed E-state index contributed by atoms with van der Waals surface area (Å²) in [7, 11) is 0. The van der Waals surface area contributed by atoms with Crippen molar-refractivity contribution in [2.24, 2.45) is 0 Å². The SMILES string of the molecule is CCOCCC1(Oc2ccc(Oc3ccc(-c4nc(-c5ccccn5)co4)cc3)cc2)C(=O)NC(=O)NC1=O.[Na+]. The fraction of sp³-hybridized carbons (Fsp3) is 0.179. The van der Waals surface area contributed by atoms with Gasteiger partial charge in [-0.2, -0.15) is 0 Å². The summed E-state index contributed by atoms with van der Waals surface area (Å²) in [5.41, 5.74) is 0.187. The molecule has 0 bridgehead atoms. The number of urea groups is 1. The number of hydrogen-bond donors (Lipinski definition) is 2. The first-order valence-corrected chi connectivity index (χ1v) is 12.2. The van der Waals surface area contributed by atoms with Crippen LogP contribution >= 0.6 is 0 Å². The number of nitrogens with one attached hydrogen (secondary N) is 2. The van der Waals surface area contributed by atoms with Crippen LogP contribution in [0.2, 0.25) is 0 Å². The summed E-state index contributed by atoms with van der Waals surface area (Å²) < 4.78 is 22.7. The van der Waals surface area contributed by atoms with E-state index in [2.05, 4.69) is 20.6 Å². The monoisotopic (exact) mass is 551 g/mol. The minimum absolute atomic E-state index is 0. The predicted molar refractivity (Wildman–Crippen MR) is 138 cm³/mol. The van der Waals surface area contributed by atoms with Gasteiger partial charge < -0.3 is 18.6 Å². The second-order valence-corrected chi connectivity index (χ2v) is 8.46. The van der Waals surface area contributed by atoms with Crippen molar-refractivity contribution < 1.29 is 62.6 Å². The Morgan fingerprint density at radius 3 is 2.12 bits per heavy atom. The Balaban J connectivity index is 0.00000370. The molecule has 40 heavy (non-hydrogen) atoms. The number of amides is 4. The average molecular weight is 552 g/mol. The van der Waals surface area contributed by atoms with E-state index in [1.807, 2.05) is 30.3 Å². The van der Waals surface area contributed by atoms with Crippen LogP contribution in [0.1, 0.15) is 13.3 Å². The Hall–Kier alpha value is -4.03. The van der Waals surface area contributed by atoms with Crippen LogP contribution in [-0.4, -0.2) is 46.6 Å². The van der Waals surface area contributed by atoms with Gasteiger partial charge in [0, 0.05) is 24.8 Å². The number of pyridine rings is 1. The third kappa shape index (κ3) is 6.40. The number of oxazole rings is 1. The fourth-order valence-electron chi connectivity index (χ4n) is 3.89. The summed E-state index contributed by atoms with van der Waals surface area (Å²) >= 11 is 0. The summed E-state index contributed by atoms with van der Waals surface area (Å²) in [4.78, 5) is 45.6. The van der Waals surface area contributed by atoms with Crippen LogP contribution in [0.5, 0.6) is 17.2 Å². The maximum Gasteiger partial charge on any atom is 1.00 e. The Morgan fingerprint density at radius 1 is 0.850 bits per heavy atom. The minimum atomic E-state index is -1.95. The molecule has 4 amide bonds. The molecule has 0 spiro atoms. The molecule has 5 rings (SSSR count). The molecular formula is C28H24N4NaO7+. The molecule has 0 unspecified atom stereocenters. The van der Waals surface area contributed by atoms with Gasteiger partial charge in [-0.15, -0.1) is 0 Å². The van der Waals surface area contributed by atoms with Crippen LogP contribution in [0.3, 0.4) is 0 Å². The molecule has 1 aliphatic heterocycles. The van der Waals surface area contributed by atoms with E-state index in [0.717, 1.165) is 11.3 Å². The van der Waals surface area contributed by atoms with Crippen LogP contribution in [0.25, 0.3) is 22.8 Å². The van der Waals surface area contributed by atoms with E-state index in [9.17, 15) is 14.4 Å². The number of ether oxygens (including phenoxy) is 3. The first kappa shape index (κ1) is 29.0. The summed E-state index contributed by atoms with van der Waals surface area (Å²) in [6.07, 6.45) is 3.18. The van der Waals surface area contributed by atoms with E-state index in [0.29, 0.717) is 29.7 Å². The number of barbiturate groups is 1. The van der Waals surface area contributed by atoms with Gasteiger partial charge in [0.15, 0.2) is 0 Å². The van der Waals surface area contributed by atoms with Crippen molar-refractivity contribution in [1.29, 1.82) is 0 Å². The van der Waals surface area contributed by atoms with Crippen molar-refractivity contribution in [3.05, 3.63) is 79.2 Å². The number of hydrogen-bond acceptors (Lipinski definition) is 9. The second-order valence-electron chi connectivity index (χ2n) is 8.46. The average Bonchev–Trinajstić information content (AvgIpc) is 3.44. The van der Waals surface area contributed by atoms with Crippen molar-refractivity contribution in [2.45, 2.75) is 18.9 Å². The molecule has 2 aromatic carbocycles. The van der Waals surface area contributed by atoms with Crippen molar-refractivity contribution in [3.63, 3.8) is 0 Å². The Labute approximate surface area is 251 Å². The number of nitrogens with zero attached hydrogens (tertiary/aromatic N) is 2. The summed E-state index contributed by atoms with van der Waals surface area (Å²) in [5.74, 6) is 0.0615. The molecule has 11 nitrogen and oxygen atoms in total. The molecule has 0 atom stereocenters. The smallest absolute Gasteiger partial charge is 0.467 e. The third-order valence-corrected chi connectivity index (χ3v) is 5.87. The molecule has 198 valence electrons. The first-order valence-electron chi connectivity index (χ1n) is 12.2. The number of benzene rings is 2. The summed E-state index contributed by atoms with van der Waals surface area (Å²) in [6.45, 7) is 2.27. The number of carbonyl (C=O) groups excluding carboxylic acids is 3. The zero-order valence-corrected chi connectivity index (χ0v) is 23.9. The summed E-state index contributed by atoms with van der Waals surface area (Å²) in [5, 5.41) is 4.18. The topological polar surface area (TPSA) is 142 Å². The minimum Gasteiger partial charge on any atom is -0.467 e. The molecule has 2 aromatic heterocycles. The van der Waals surface area contributed by atoms with Crippen molar-refractivity contribution >= 4 is 17.8 Å². The largest absolute Gasteiger partial charge is 1.00 e. The number of carbonyl (C=O) groups is 3. The molecule has 1 saturated heterocycles. The van der Waals surface area contributed by atoms with Crippen LogP contribution in [-0.2, 0) is 14.3 Å². The Morgan fingerprint density at radius 2 is 1.50 bits per heavy atom. The summed E-state index contributed by atoms with van der Waals surface area (Å²) in [6, 6.07) is 18.3. The number of aromatic nitrogens is 2. The van der Waals surface area contributed by atoms with E-state index in [1.165, 1.54) is 0 Å². The van der Waals surface area contributed by atoms with Gasteiger partial charge in [-0.3, -0.25) is 25.2 Å². The Bertz CT molecular complexity index is 1450. The second kappa shape index (κ2) is 12.9. The van der Waals surface area contributed by atoms with Gasteiger partial charge in [-0.1, -0.05) is 6.07 Å². The Kier molecular flexibility index (Phi) is 9.33. The molecular weight excluding hydrogens is 527 g/mol. The third-order valence-electron chi connectivity index (χ3n) is 5.87. The first-order chi connectivity index (χ1) is 19.0. The quantitative estimate of drug-likeness (QED) is 0.168. The maximum atomic E-state index is 12.6. The van der Waals surface area contributed by atoms with Gasteiger partial charge in [0.1, 0.15) is 29.2 Å². The van der Waals surface area contributed by atoms with E-state index in [-0.39, 0.29) is 48.3 Å². The zero-order chi connectivity index (χ0) is 27.2. The van der Waals surface area contributed by atoms with Gasteiger partial charge in [-0.25, -0.2) is 9.78 Å². The van der Waals surface area contributed by atoms with Gasteiger partial charge >= 0.3 is 35.6 Å². The van der Waals surface area contributed by atoms with Gasteiger partial charge in [-0.05, 0) is 67.6 Å². The van der Waals surface area contributed by atoms with E-state index >= 15 is 0 Å². The van der Waals surface area contributed by atoms with Crippen molar-refractivity contribution in [3.8, 4) is 40.1 Å². The fourth-order valence-corrected chi connectivity index (χ4v) is 3.89. The van der Waals surface area contributed by atoms with Crippen LogP contribution in [0.4, 0.5) is 4.79 Å². The zero-order valence-electron chi connectivity index (χ0n) is 21.9. The molecule has 12 heteroatoms. The molecule has 1 fully saturated rings. The van der Waals surface area contributed by atoms with E-state index < -0.39 is 23.4 Å². The van der Waals surface area contributed by atoms with Crippen LogP contribution < -0.4 is 49.7 Å². The van der Waals surface area contributed by atoms with Crippen molar-refractivity contribution in [2.75, 3.05) is 13.2 Å².